The fraction of sp³-hybridized carbons (Fsp3) is 0. The van der Waals surface area contributed by atoms with Crippen LogP contribution in [0.1, 0.15) is 33.4 Å². The van der Waals surface area contributed by atoms with Crippen LogP contribution in [0, 0.1) is 85.4 Å². The number of hydrogen-bond donors (Lipinski definition) is 0. The lowest BCUT2D eigenvalue weighted by molar-refractivity contribution is 0.620. The average Bonchev–Trinajstić information content (AvgIpc) is 3.26. The molecule has 0 atom stereocenters. The summed E-state index contributed by atoms with van der Waals surface area (Å²) in [5.74, 6) is -3.09. The van der Waals surface area contributed by atoms with Crippen molar-refractivity contribution < 1.29 is 13.2 Å². The van der Waals surface area contributed by atoms with Gasteiger partial charge in [-0.25, -0.2) is 13.2 Å². The van der Waals surface area contributed by atoms with Gasteiger partial charge in [0.15, 0.2) is 17.5 Å². The van der Waals surface area contributed by atoms with E-state index in [2.05, 4.69) is 0 Å². The van der Waals surface area contributed by atoms with Crippen molar-refractivity contribution >= 4 is 0 Å². The molecule has 0 aliphatic heterocycles. The Morgan fingerprint density at radius 3 is 0.614 bits per heavy atom. The summed E-state index contributed by atoms with van der Waals surface area (Å²) < 4.78 is 46.7. The smallest absolute Gasteiger partial charge is 0.158 e. The highest BCUT2D eigenvalue weighted by Crippen LogP contribution is 2.56. The maximum atomic E-state index is 15.6. The molecule has 0 amide bonds. The molecule has 0 heterocycles. The molecule has 0 unspecified atom stereocenters. The van der Waals surface area contributed by atoms with Crippen LogP contribution >= 0.6 is 0 Å². The Bertz CT molecular complexity index is 2590. The van der Waals surface area contributed by atoms with Crippen LogP contribution in [0.2, 0.25) is 0 Å². The van der Waals surface area contributed by atoms with Gasteiger partial charge >= 0.3 is 0 Å². The van der Waals surface area contributed by atoms with Crippen molar-refractivity contribution in [2.45, 2.75) is 0 Å². The SMILES string of the molecule is N#Cc1cc(-c2c(-c3ccccc3)c(-c3cc(C#N)c(F)c(C#N)c3)c(-c3ccccc3)c(-c3cc(C#N)c(F)c(C#N)c3)c2-c2ccccc2)cc(C#N)c1F. The molecule has 0 N–H and O–H groups in total. The largest absolute Gasteiger partial charge is 0.204 e. The fourth-order valence-electron chi connectivity index (χ4n) is 7.09. The summed E-state index contributed by atoms with van der Waals surface area (Å²) in [6, 6.07) is 45.7. The van der Waals surface area contributed by atoms with Crippen molar-refractivity contribution in [1.29, 1.82) is 31.6 Å². The zero-order valence-corrected chi connectivity index (χ0v) is 29.4. The third-order valence-corrected chi connectivity index (χ3v) is 9.49. The molecule has 0 spiro atoms. The maximum absolute atomic E-state index is 15.6. The van der Waals surface area contributed by atoms with Crippen LogP contribution in [0.15, 0.2) is 127 Å². The van der Waals surface area contributed by atoms with Gasteiger partial charge in [-0.1, -0.05) is 91.0 Å². The summed E-state index contributed by atoms with van der Waals surface area (Å²) in [5.41, 5.74) is 1.91. The Labute approximate surface area is 325 Å². The molecule has 0 bridgehead atoms. The minimum atomic E-state index is -1.03. The zero-order chi connectivity index (χ0) is 40.2. The molecule has 6 nitrogen and oxygen atoms in total. The molecule has 7 aromatic rings. The van der Waals surface area contributed by atoms with E-state index in [1.807, 2.05) is 36.4 Å². The van der Waals surface area contributed by atoms with Gasteiger partial charge in [-0.05, 0) is 103 Å². The second-order valence-corrected chi connectivity index (χ2v) is 12.7. The highest BCUT2D eigenvalue weighted by atomic mass is 19.1. The molecule has 0 saturated heterocycles. The van der Waals surface area contributed by atoms with Crippen LogP contribution in [0.25, 0.3) is 66.8 Å². The van der Waals surface area contributed by atoms with Crippen LogP contribution in [0.4, 0.5) is 13.2 Å². The van der Waals surface area contributed by atoms with Crippen LogP contribution < -0.4 is 0 Å². The van der Waals surface area contributed by atoms with Crippen LogP contribution in [0.3, 0.4) is 0 Å². The lowest BCUT2D eigenvalue weighted by Crippen LogP contribution is -2.04. The second kappa shape index (κ2) is 15.3. The summed E-state index contributed by atoms with van der Waals surface area (Å²) >= 11 is 0. The summed E-state index contributed by atoms with van der Waals surface area (Å²) in [5, 5.41) is 60.8. The van der Waals surface area contributed by atoms with Crippen LogP contribution in [-0.2, 0) is 0 Å². The van der Waals surface area contributed by atoms with E-state index in [0.717, 1.165) is 0 Å². The number of benzene rings is 7. The Hall–Kier alpha value is -8.73. The van der Waals surface area contributed by atoms with E-state index in [1.54, 1.807) is 91.0 Å². The van der Waals surface area contributed by atoms with E-state index in [0.29, 0.717) is 50.1 Å². The molecular formula is C48H21F3N6. The normalized spacial score (nSPS) is 10.3. The van der Waals surface area contributed by atoms with E-state index in [-0.39, 0.29) is 16.7 Å². The van der Waals surface area contributed by atoms with E-state index in [4.69, 9.17) is 0 Å². The molecule has 0 aliphatic carbocycles. The molecular weight excluding hydrogens is 718 g/mol. The van der Waals surface area contributed by atoms with Crippen molar-refractivity contribution in [2.75, 3.05) is 0 Å². The Morgan fingerprint density at radius 1 is 0.263 bits per heavy atom. The minimum Gasteiger partial charge on any atom is -0.204 e. The first kappa shape index (κ1) is 36.6. The van der Waals surface area contributed by atoms with Gasteiger partial charge in [0.2, 0.25) is 0 Å². The van der Waals surface area contributed by atoms with Crippen LogP contribution in [0.5, 0.6) is 0 Å². The van der Waals surface area contributed by atoms with Crippen molar-refractivity contribution in [2.24, 2.45) is 0 Å². The van der Waals surface area contributed by atoms with Crippen molar-refractivity contribution in [3.8, 4) is 103 Å². The van der Waals surface area contributed by atoms with E-state index >= 15 is 13.2 Å². The number of nitriles is 6. The predicted molar refractivity (Wildman–Crippen MR) is 207 cm³/mol. The van der Waals surface area contributed by atoms with Crippen molar-refractivity contribution in [3.05, 3.63) is 178 Å². The van der Waals surface area contributed by atoms with Gasteiger partial charge in [0.05, 0.1) is 33.4 Å². The highest BCUT2D eigenvalue weighted by Gasteiger charge is 2.31. The summed E-state index contributed by atoms with van der Waals surface area (Å²) in [6.45, 7) is 0. The number of nitrogens with zero attached hydrogens (tertiary/aromatic N) is 6. The molecule has 7 aromatic carbocycles. The van der Waals surface area contributed by atoms with E-state index in [9.17, 15) is 31.6 Å². The lowest BCUT2D eigenvalue weighted by Gasteiger charge is -2.29. The van der Waals surface area contributed by atoms with Gasteiger partial charge in [0, 0.05) is 0 Å². The summed E-state index contributed by atoms with van der Waals surface area (Å²) in [7, 11) is 0. The predicted octanol–water partition coefficient (Wildman–Crippen LogP) is 11.3. The second-order valence-electron chi connectivity index (χ2n) is 12.7. The van der Waals surface area contributed by atoms with Gasteiger partial charge in [0.25, 0.3) is 0 Å². The van der Waals surface area contributed by atoms with E-state index < -0.39 is 50.8 Å². The Kier molecular flexibility index (Phi) is 9.84. The van der Waals surface area contributed by atoms with Gasteiger partial charge in [0.1, 0.15) is 36.4 Å². The molecule has 0 radical (unpaired) electrons. The van der Waals surface area contributed by atoms with Gasteiger partial charge < -0.3 is 0 Å². The van der Waals surface area contributed by atoms with Gasteiger partial charge in [-0.3, -0.25) is 0 Å². The summed E-state index contributed by atoms with van der Waals surface area (Å²) in [4.78, 5) is 0. The molecule has 0 saturated carbocycles. The third-order valence-electron chi connectivity index (χ3n) is 9.49. The topological polar surface area (TPSA) is 143 Å². The molecule has 264 valence electrons. The standard InChI is InChI=1S/C48H21F3N6/c49-46-34(22-52)16-31(17-35(46)23-53)43-40(28-10-4-1-5-11-28)44(32-18-36(24-54)47(50)37(19-32)25-55)42(30-14-8-3-9-15-30)45(41(43)29-12-6-2-7-13-29)33-20-38(26-56)48(51)39(21-33)27-57/h1-21H. The third kappa shape index (κ3) is 6.38. The number of hydrogen-bond acceptors (Lipinski definition) is 6. The quantitative estimate of drug-likeness (QED) is 0.166. The lowest BCUT2D eigenvalue weighted by atomic mass is 9.73. The van der Waals surface area contributed by atoms with Crippen molar-refractivity contribution in [3.63, 3.8) is 0 Å². The molecule has 9 heteroatoms. The molecule has 0 fully saturated rings. The maximum Gasteiger partial charge on any atom is 0.158 e. The molecule has 0 aromatic heterocycles. The van der Waals surface area contributed by atoms with Gasteiger partial charge in [-0.15, -0.1) is 0 Å². The van der Waals surface area contributed by atoms with Gasteiger partial charge in [-0.2, -0.15) is 31.6 Å². The van der Waals surface area contributed by atoms with Crippen molar-refractivity contribution in [1.82, 2.24) is 0 Å². The molecule has 57 heavy (non-hydrogen) atoms. The Balaban J connectivity index is 1.92. The first-order valence-electron chi connectivity index (χ1n) is 17.1. The monoisotopic (exact) mass is 738 g/mol. The Morgan fingerprint density at radius 2 is 0.439 bits per heavy atom. The first-order chi connectivity index (χ1) is 27.8. The minimum absolute atomic E-state index is 0.204. The average molecular weight is 739 g/mol. The van der Waals surface area contributed by atoms with Crippen LogP contribution in [-0.4, -0.2) is 0 Å². The number of rotatable bonds is 6. The fourth-order valence-corrected chi connectivity index (χ4v) is 7.09. The molecule has 0 aliphatic rings. The molecule has 7 rings (SSSR count). The number of halogens is 3. The first-order valence-corrected chi connectivity index (χ1v) is 17.1. The van der Waals surface area contributed by atoms with E-state index in [1.165, 1.54) is 36.4 Å². The zero-order valence-electron chi connectivity index (χ0n) is 29.4. The highest BCUT2D eigenvalue weighted by molar-refractivity contribution is 6.15. The summed E-state index contributed by atoms with van der Waals surface area (Å²) in [6.07, 6.45) is 0.